The van der Waals surface area contributed by atoms with E-state index in [1.165, 1.54) is 12.8 Å². The van der Waals surface area contributed by atoms with Crippen LogP contribution in [0.5, 0.6) is 0 Å². The van der Waals surface area contributed by atoms with E-state index in [0.29, 0.717) is 47.5 Å². The van der Waals surface area contributed by atoms with Gasteiger partial charge in [0.2, 0.25) is 0 Å². The second-order valence-electron chi connectivity index (χ2n) is 14.9. The number of ketones is 1. The number of Topliss-reactive ketones (excluding diaryl/α,β-unsaturated/α-hetero) is 1. The summed E-state index contributed by atoms with van der Waals surface area (Å²) in [6, 6.07) is 0. The van der Waals surface area contributed by atoms with Gasteiger partial charge in [-0.1, -0.05) is 20.8 Å². The maximum Gasteiger partial charge on any atom is 0.357 e. The Balaban J connectivity index is 1.29. The number of carbonyl (C=O) groups is 2. The van der Waals surface area contributed by atoms with E-state index in [0.717, 1.165) is 50.6 Å². The Kier molecular flexibility index (Phi) is 7.14. The maximum absolute atomic E-state index is 13.7. The van der Waals surface area contributed by atoms with Gasteiger partial charge in [-0.15, -0.1) is 0 Å². The molecule has 212 valence electrons. The van der Waals surface area contributed by atoms with E-state index in [1.807, 2.05) is 27.8 Å². The molecule has 9 atom stereocenters. The largest absolute Gasteiger partial charge is 0.455 e. The van der Waals surface area contributed by atoms with E-state index in [1.54, 1.807) is 10.9 Å². The number of nitrogens with zero attached hydrogens (tertiary/aromatic N) is 2. The Morgan fingerprint density at radius 3 is 2.55 bits per heavy atom. The van der Waals surface area contributed by atoms with Gasteiger partial charge in [0, 0.05) is 19.4 Å². The van der Waals surface area contributed by atoms with Gasteiger partial charge in [0.25, 0.3) is 0 Å². The highest BCUT2D eigenvalue weighted by Crippen LogP contribution is 2.67. The Labute approximate surface area is 229 Å². The predicted molar refractivity (Wildman–Crippen MR) is 147 cm³/mol. The van der Waals surface area contributed by atoms with Gasteiger partial charge >= 0.3 is 5.97 Å². The van der Waals surface area contributed by atoms with Crippen molar-refractivity contribution < 1.29 is 19.4 Å². The molecular weight excluding hydrogens is 476 g/mol. The molecule has 6 unspecified atom stereocenters. The van der Waals surface area contributed by atoms with Crippen molar-refractivity contribution in [3.63, 3.8) is 0 Å². The number of fused-ring (bicyclic) bond motifs is 5. The number of aliphatic hydroxyl groups is 1. The number of hydrogen-bond donors (Lipinski definition) is 1. The lowest BCUT2D eigenvalue weighted by molar-refractivity contribution is -0.160. The normalized spacial score (nSPS) is 39.7. The van der Waals surface area contributed by atoms with Crippen molar-refractivity contribution in [2.24, 2.45) is 53.4 Å². The summed E-state index contributed by atoms with van der Waals surface area (Å²) in [5, 5.41) is 10.3. The Bertz CT molecular complexity index is 1070. The molecule has 1 N–H and O–H groups in total. The Morgan fingerprint density at radius 2 is 1.84 bits per heavy atom. The number of rotatable bonds is 5. The zero-order chi connectivity index (χ0) is 27.6. The zero-order valence-electron chi connectivity index (χ0n) is 24.8. The molecule has 0 bridgehead atoms. The summed E-state index contributed by atoms with van der Waals surface area (Å²) in [4.78, 5) is 31.1. The van der Waals surface area contributed by atoms with Crippen molar-refractivity contribution in [3.05, 3.63) is 17.7 Å². The van der Waals surface area contributed by atoms with Crippen LogP contribution < -0.4 is 0 Å². The summed E-state index contributed by atoms with van der Waals surface area (Å²) >= 11 is 0. The van der Waals surface area contributed by atoms with Crippen LogP contribution in [0.3, 0.4) is 0 Å². The van der Waals surface area contributed by atoms with Gasteiger partial charge < -0.3 is 14.4 Å². The standard InChI is InChI=1S/C32H50N2O4/c1-19(8-11-25-28(34(7)18-33-25)29(37)38-30(2,3)4)22-9-10-23-27-24(13-15-32(22,23)6)31(5)14-12-21(35)16-20(31)17-26(27)36/h18-24,27,35H,8-17H2,1-7H3/t19-,20?,21?,22?,23?,24?,27?,31+,32-/m1/s1. The molecule has 4 aliphatic rings. The molecule has 4 aliphatic carbocycles. The van der Waals surface area contributed by atoms with Crippen LogP contribution in [-0.2, 0) is 23.0 Å². The monoisotopic (exact) mass is 526 g/mol. The predicted octanol–water partition coefficient (Wildman–Crippen LogP) is 6.14. The molecule has 0 aromatic carbocycles. The lowest BCUT2D eigenvalue weighted by Gasteiger charge is -2.60. The second-order valence-corrected chi connectivity index (χ2v) is 14.9. The number of aliphatic hydroxyl groups excluding tert-OH is 1. The minimum atomic E-state index is -0.538. The number of hydrogen-bond acceptors (Lipinski definition) is 5. The summed E-state index contributed by atoms with van der Waals surface area (Å²) in [6.45, 7) is 13.0. The number of aryl methyl sites for hydroxylation is 2. The summed E-state index contributed by atoms with van der Waals surface area (Å²) in [7, 11) is 1.86. The first-order chi connectivity index (χ1) is 17.7. The second kappa shape index (κ2) is 9.74. The third-order valence-electron chi connectivity index (χ3n) is 11.6. The van der Waals surface area contributed by atoms with Gasteiger partial charge in [-0.3, -0.25) is 4.79 Å². The van der Waals surface area contributed by atoms with Crippen molar-refractivity contribution in [2.45, 2.75) is 117 Å². The minimum absolute atomic E-state index is 0.200. The first-order valence-electron chi connectivity index (χ1n) is 15.2. The van der Waals surface area contributed by atoms with Crippen molar-refractivity contribution in [3.8, 4) is 0 Å². The van der Waals surface area contributed by atoms with Crippen molar-refractivity contribution in [1.82, 2.24) is 9.55 Å². The number of aromatic nitrogens is 2. The highest BCUT2D eigenvalue weighted by atomic mass is 16.6. The van der Waals surface area contributed by atoms with E-state index < -0.39 is 5.60 Å². The molecule has 4 fully saturated rings. The summed E-state index contributed by atoms with van der Waals surface area (Å²) in [5.41, 5.74) is 1.27. The molecule has 6 heteroatoms. The van der Waals surface area contributed by atoms with Crippen LogP contribution >= 0.6 is 0 Å². The minimum Gasteiger partial charge on any atom is -0.455 e. The van der Waals surface area contributed by atoms with E-state index in [9.17, 15) is 14.7 Å². The van der Waals surface area contributed by atoms with E-state index >= 15 is 0 Å². The van der Waals surface area contributed by atoms with Gasteiger partial charge in [0.15, 0.2) is 0 Å². The fourth-order valence-electron chi connectivity index (χ4n) is 9.70. The van der Waals surface area contributed by atoms with Crippen LogP contribution in [0.2, 0.25) is 0 Å². The van der Waals surface area contributed by atoms with Gasteiger partial charge in [-0.25, -0.2) is 9.78 Å². The fraction of sp³-hybridized carbons (Fsp3) is 0.844. The lowest BCUT2D eigenvalue weighted by atomic mass is 9.44. The van der Waals surface area contributed by atoms with Crippen molar-refractivity contribution in [2.75, 3.05) is 0 Å². The molecule has 0 aliphatic heterocycles. The SMILES string of the molecule is C[C@H](CCc1ncn(C)c1C(=O)OC(C)(C)C)C1CCC2C3C(=O)CC4CC(O)CC[C@]4(C)C3CC[C@@]21C. The number of ether oxygens (including phenoxy) is 1. The topological polar surface area (TPSA) is 81.4 Å². The molecule has 1 aromatic rings. The van der Waals surface area contributed by atoms with Gasteiger partial charge in [0.05, 0.1) is 18.1 Å². The third-order valence-corrected chi connectivity index (χ3v) is 11.6. The molecule has 1 heterocycles. The van der Waals surface area contributed by atoms with Crippen LogP contribution in [0.15, 0.2) is 6.33 Å². The van der Waals surface area contributed by atoms with E-state index in [-0.39, 0.29) is 28.8 Å². The molecule has 0 radical (unpaired) electrons. The Morgan fingerprint density at radius 1 is 1.16 bits per heavy atom. The van der Waals surface area contributed by atoms with Crippen molar-refractivity contribution in [1.29, 1.82) is 0 Å². The summed E-state index contributed by atoms with van der Waals surface area (Å²) in [6.07, 6.45) is 11.4. The van der Waals surface area contributed by atoms with Gasteiger partial charge in [-0.2, -0.15) is 0 Å². The highest BCUT2D eigenvalue weighted by molar-refractivity contribution is 5.89. The molecule has 0 amide bonds. The van der Waals surface area contributed by atoms with Crippen LogP contribution in [0.25, 0.3) is 0 Å². The van der Waals surface area contributed by atoms with E-state index in [2.05, 4.69) is 25.8 Å². The van der Waals surface area contributed by atoms with Crippen LogP contribution in [0.1, 0.15) is 116 Å². The van der Waals surface area contributed by atoms with Gasteiger partial charge in [0.1, 0.15) is 17.1 Å². The number of carbonyl (C=O) groups excluding carboxylic acids is 2. The molecular formula is C32H50N2O4. The average molecular weight is 527 g/mol. The lowest BCUT2D eigenvalue weighted by Crippen LogP contribution is -2.57. The molecule has 6 nitrogen and oxygen atoms in total. The molecule has 38 heavy (non-hydrogen) atoms. The molecule has 0 saturated heterocycles. The zero-order valence-corrected chi connectivity index (χ0v) is 24.8. The number of imidazole rings is 1. The van der Waals surface area contributed by atoms with Crippen LogP contribution in [0, 0.1) is 46.3 Å². The summed E-state index contributed by atoms with van der Waals surface area (Å²) < 4.78 is 7.45. The fourth-order valence-corrected chi connectivity index (χ4v) is 9.70. The van der Waals surface area contributed by atoms with Crippen LogP contribution in [-0.4, -0.2) is 38.1 Å². The van der Waals surface area contributed by atoms with E-state index in [4.69, 9.17) is 4.74 Å². The average Bonchev–Trinajstić information content (AvgIpc) is 3.37. The molecule has 1 aromatic heterocycles. The molecule has 0 spiro atoms. The first kappa shape index (κ1) is 27.9. The first-order valence-corrected chi connectivity index (χ1v) is 15.2. The maximum atomic E-state index is 13.7. The summed E-state index contributed by atoms with van der Waals surface area (Å²) in [5.74, 6) is 2.82. The third kappa shape index (κ3) is 4.67. The quantitative estimate of drug-likeness (QED) is 0.466. The molecule has 4 saturated carbocycles. The molecule has 5 rings (SSSR count). The van der Waals surface area contributed by atoms with Gasteiger partial charge in [-0.05, 0) is 119 Å². The Hall–Kier alpha value is -1.69. The van der Waals surface area contributed by atoms with Crippen molar-refractivity contribution >= 4 is 11.8 Å². The number of esters is 1. The van der Waals surface area contributed by atoms with Crippen LogP contribution in [0.4, 0.5) is 0 Å². The highest BCUT2D eigenvalue weighted by Gasteiger charge is 2.63. The smallest absolute Gasteiger partial charge is 0.357 e.